The maximum atomic E-state index is 13.0. The number of aryl methyl sites for hydroxylation is 2. The second-order valence-corrected chi connectivity index (χ2v) is 8.51. The predicted octanol–water partition coefficient (Wildman–Crippen LogP) is 3.77. The van der Waals surface area contributed by atoms with Gasteiger partial charge < -0.3 is 14.5 Å². The minimum absolute atomic E-state index is 0.0135. The third-order valence-electron chi connectivity index (χ3n) is 6.03. The van der Waals surface area contributed by atoms with Crippen molar-refractivity contribution in [3.05, 3.63) is 52.7 Å². The van der Waals surface area contributed by atoms with E-state index in [9.17, 15) is 9.59 Å². The molecule has 2 aliphatic heterocycles. The molecule has 0 radical (unpaired) electrons. The van der Waals surface area contributed by atoms with Gasteiger partial charge in [-0.1, -0.05) is 17.7 Å². The highest BCUT2D eigenvalue weighted by atomic mass is 35.5. The van der Waals surface area contributed by atoms with Gasteiger partial charge in [-0.05, 0) is 49.2 Å². The number of benzene rings is 1. The van der Waals surface area contributed by atoms with E-state index in [1.54, 1.807) is 23.2 Å². The summed E-state index contributed by atoms with van der Waals surface area (Å²) in [5.74, 6) is 0.222. The number of carbonyl (C=O) groups excluding carboxylic acids is 2. The Morgan fingerprint density at radius 1 is 1.17 bits per heavy atom. The normalized spacial score (nSPS) is 20.0. The zero-order valence-corrected chi connectivity index (χ0v) is 18.1. The zero-order valence-electron chi connectivity index (χ0n) is 17.3. The fourth-order valence-corrected chi connectivity index (χ4v) is 4.25. The Kier molecular flexibility index (Phi) is 5.95. The zero-order chi connectivity index (χ0) is 21.3. The molecule has 30 heavy (non-hydrogen) atoms. The molecule has 0 saturated carbocycles. The highest BCUT2D eigenvalue weighted by molar-refractivity contribution is 6.31. The van der Waals surface area contributed by atoms with E-state index in [0.29, 0.717) is 30.5 Å². The van der Waals surface area contributed by atoms with Gasteiger partial charge in [0, 0.05) is 50.8 Å². The Labute approximate surface area is 181 Å². The van der Waals surface area contributed by atoms with Crippen LogP contribution in [0.2, 0.25) is 5.02 Å². The van der Waals surface area contributed by atoms with Crippen LogP contribution in [0.5, 0.6) is 5.88 Å². The predicted molar refractivity (Wildman–Crippen MR) is 116 cm³/mol. The van der Waals surface area contributed by atoms with Gasteiger partial charge in [0.05, 0.1) is 5.92 Å². The molecule has 2 fully saturated rings. The molecule has 158 valence electrons. The Bertz CT molecular complexity index is 956. The second-order valence-electron chi connectivity index (χ2n) is 8.11. The molecule has 7 heteroatoms. The molecule has 0 bridgehead atoms. The van der Waals surface area contributed by atoms with Crippen molar-refractivity contribution in [2.45, 2.75) is 39.2 Å². The van der Waals surface area contributed by atoms with Crippen LogP contribution < -0.4 is 9.64 Å². The largest absolute Gasteiger partial charge is 0.473 e. The molecule has 2 amide bonds. The average molecular weight is 428 g/mol. The molecule has 6 nitrogen and oxygen atoms in total. The van der Waals surface area contributed by atoms with E-state index in [4.69, 9.17) is 16.3 Å². The topological polar surface area (TPSA) is 62.7 Å². The number of rotatable bonds is 4. The molecule has 0 unspecified atom stereocenters. The summed E-state index contributed by atoms with van der Waals surface area (Å²) in [6.07, 6.45) is 3.35. The summed E-state index contributed by atoms with van der Waals surface area (Å²) in [6, 6.07) is 9.51. The van der Waals surface area contributed by atoms with Crippen molar-refractivity contribution < 1.29 is 14.3 Å². The summed E-state index contributed by atoms with van der Waals surface area (Å²) in [4.78, 5) is 33.4. The number of pyridine rings is 1. The highest BCUT2D eigenvalue weighted by Gasteiger charge is 2.38. The van der Waals surface area contributed by atoms with Gasteiger partial charge in [0.2, 0.25) is 17.7 Å². The minimum atomic E-state index is -0.290. The third-order valence-corrected chi connectivity index (χ3v) is 6.32. The standard InChI is InChI=1S/C23H26ClN3O3/c1-15-5-6-18(12-16(15)2)27-14-17(13-21(27)28)23(29)26-10-7-19(8-11-26)30-22-20(24)4-3-9-25-22/h3-6,9,12,17,19H,7-8,10-11,13-14H2,1-2H3/t17-/m1/s1. The number of halogens is 1. The van der Waals surface area contributed by atoms with Crippen LogP contribution in [0.1, 0.15) is 30.4 Å². The van der Waals surface area contributed by atoms with Crippen LogP contribution in [0.4, 0.5) is 5.69 Å². The number of piperidine rings is 1. The molecule has 1 atom stereocenters. The molecule has 1 aromatic heterocycles. The lowest BCUT2D eigenvalue weighted by Gasteiger charge is -2.33. The van der Waals surface area contributed by atoms with Crippen LogP contribution >= 0.6 is 11.6 Å². The molecule has 2 aliphatic rings. The first-order valence-electron chi connectivity index (χ1n) is 10.4. The second kappa shape index (κ2) is 8.64. The van der Waals surface area contributed by atoms with E-state index in [1.807, 2.05) is 36.9 Å². The molecular formula is C23H26ClN3O3. The Morgan fingerprint density at radius 3 is 2.63 bits per heavy atom. The molecule has 3 heterocycles. The molecule has 0 aliphatic carbocycles. The SMILES string of the molecule is Cc1ccc(N2C[C@H](C(=O)N3CCC(Oc4ncccc4Cl)CC3)CC2=O)cc1C. The van der Waals surface area contributed by atoms with Gasteiger partial charge in [-0.2, -0.15) is 0 Å². The molecule has 2 saturated heterocycles. The van der Waals surface area contributed by atoms with Crippen LogP contribution in [0.3, 0.4) is 0 Å². The van der Waals surface area contributed by atoms with Gasteiger partial charge in [0.25, 0.3) is 0 Å². The maximum Gasteiger partial charge on any atom is 0.232 e. The fourth-order valence-electron chi connectivity index (χ4n) is 4.08. The van der Waals surface area contributed by atoms with E-state index < -0.39 is 0 Å². The summed E-state index contributed by atoms with van der Waals surface area (Å²) >= 11 is 6.12. The van der Waals surface area contributed by atoms with Crippen LogP contribution in [0.15, 0.2) is 36.5 Å². The first kappa shape index (κ1) is 20.7. The third kappa shape index (κ3) is 4.29. The van der Waals surface area contributed by atoms with Gasteiger partial charge in [-0.3, -0.25) is 9.59 Å². The number of aromatic nitrogens is 1. The maximum absolute atomic E-state index is 13.0. The number of hydrogen-bond acceptors (Lipinski definition) is 4. The molecule has 2 aromatic rings. The summed E-state index contributed by atoms with van der Waals surface area (Å²) in [5, 5.41) is 0.493. The van der Waals surface area contributed by atoms with Crippen molar-refractivity contribution in [2.24, 2.45) is 5.92 Å². The first-order chi connectivity index (χ1) is 14.4. The molecule has 4 rings (SSSR count). The van der Waals surface area contributed by atoms with Gasteiger partial charge in [0.1, 0.15) is 11.1 Å². The van der Waals surface area contributed by atoms with Gasteiger partial charge >= 0.3 is 0 Å². The van der Waals surface area contributed by atoms with Crippen molar-refractivity contribution >= 4 is 29.1 Å². The van der Waals surface area contributed by atoms with E-state index in [1.165, 1.54) is 5.56 Å². The average Bonchev–Trinajstić information content (AvgIpc) is 3.13. The summed E-state index contributed by atoms with van der Waals surface area (Å²) in [5.41, 5.74) is 3.21. The summed E-state index contributed by atoms with van der Waals surface area (Å²) < 4.78 is 5.91. The lowest BCUT2D eigenvalue weighted by atomic mass is 10.0. The Morgan fingerprint density at radius 2 is 1.93 bits per heavy atom. The van der Waals surface area contributed by atoms with Crippen molar-refractivity contribution in [3.8, 4) is 5.88 Å². The van der Waals surface area contributed by atoms with Crippen LogP contribution in [-0.2, 0) is 9.59 Å². The quantitative estimate of drug-likeness (QED) is 0.745. The number of carbonyl (C=O) groups is 2. The number of hydrogen-bond donors (Lipinski definition) is 0. The number of ether oxygens (including phenoxy) is 1. The van der Waals surface area contributed by atoms with Gasteiger partial charge in [-0.25, -0.2) is 4.98 Å². The van der Waals surface area contributed by atoms with Crippen molar-refractivity contribution in [2.75, 3.05) is 24.5 Å². The lowest BCUT2D eigenvalue weighted by molar-refractivity contribution is -0.137. The molecule has 0 N–H and O–H groups in total. The van der Waals surface area contributed by atoms with Crippen molar-refractivity contribution in [3.63, 3.8) is 0 Å². The van der Waals surface area contributed by atoms with Crippen LogP contribution in [0, 0.1) is 19.8 Å². The van der Waals surface area contributed by atoms with Crippen LogP contribution in [-0.4, -0.2) is 47.4 Å². The van der Waals surface area contributed by atoms with E-state index in [2.05, 4.69) is 4.98 Å². The van der Waals surface area contributed by atoms with E-state index in [-0.39, 0.29) is 30.3 Å². The monoisotopic (exact) mass is 427 g/mol. The van der Waals surface area contributed by atoms with Gasteiger partial charge in [0.15, 0.2) is 0 Å². The minimum Gasteiger partial charge on any atom is -0.473 e. The van der Waals surface area contributed by atoms with E-state index in [0.717, 1.165) is 24.1 Å². The number of likely N-dealkylation sites (tertiary alicyclic amines) is 1. The Balaban J connectivity index is 1.34. The smallest absolute Gasteiger partial charge is 0.232 e. The van der Waals surface area contributed by atoms with Gasteiger partial charge in [-0.15, -0.1) is 0 Å². The molecule has 1 aromatic carbocycles. The number of amides is 2. The number of anilines is 1. The van der Waals surface area contributed by atoms with Crippen LogP contribution in [0.25, 0.3) is 0 Å². The first-order valence-corrected chi connectivity index (χ1v) is 10.7. The lowest BCUT2D eigenvalue weighted by Crippen LogP contribution is -2.45. The summed E-state index contributed by atoms with van der Waals surface area (Å²) in [7, 11) is 0. The molecule has 0 spiro atoms. The molecular weight excluding hydrogens is 402 g/mol. The Hall–Kier alpha value is -2.60. The fraction of sp³-hybridized carbons (Fsp3) is 0.435. The van der Waals surface area contributed by atoms with E-state index >= 15 is 0 Å². The van der Waals surface area contributed by atoms with Crippen molar-refractivity contribution in [1.29, 1.82) is 0 Å². The summed E-state index contributed by atoms with van der Waals surface area (Å²) in [6.45, 7) is 5.75. The van der Waals surface area contributed by atoms with Crippen molar-refractivity contribution in [1.82, 2.24) is 9.88 Å². The highest BCUT2D eigenvalue weighted by Crippen LogP contribution is 2.29. The number of nitrogens with zero attached hydrogens (tertiary/aromatic N) is 3.